The van der Waals surface area contributed by atoms with E-state index in [4.69, 9.17) is 16.3 Å². The molecule has 0 aliphatic heterocycles. The summed E-state index contributed by atoms with van der Waals surface area (Å²) in [5.74, 6) is 0.595. The molecule has 0 aromatic heterocycles. The zero-order chi connectivity index (χ0) is 20.6. The van der Waals surface area contributed by atoms with Gasteiger partial charge in [-0.2, -0.15) is 5.10 Å². The second-order valence-corrected chi connectivity index (χ2v) is 7.21. The van der Waals surface area contributed by atoms with Crippen LogP contribution in [0.3, 0.4) is 0 Å². The number of nitrogens with one attached hydrogen (secondary N) is 1. The number of hydrazone groups is 1. The molecule has 0 fully saturated rings. The Bertz CT molecular complexity index is 996. The smallest absolute Gasteiger partial charge is 0.244 e. The summed E-state index contributed by atoms with van der Waals surface area (Å²) in [7, 11) is 0. The number of nitrogens with zero attached hydrogens (tertiary/aromatic N) is 1. The molecule has 5 heteroatoms. The van der Waals surface area contributed by atoms with Crippen molar-refractivity contribution in [3.8, 4) is 5.75 Å². The molecule has 0 aliphatic rings. The molecular formula is C24H23ClN2O2. The molecule has 0 unspecified atom stereocenters. The van der Waals surface area contributed by atoms with Gasteiger partial charge in [-0.15, -0.1) is 0 Å². The molecule has 0 saturated heterocycles. The third-order valence-electron chi connectivity index (χ3n) is 4.46. The van der Waals surface area contributed by atoms with Crippen molar-refractivity contribution < 1.29 is 9.53 Å². The van der Waals surface area contributed by atoms with Gasteiger partial charge >= 0.3 is 0 Å². The van der Waals surface area contributed by atoms with Crippen molar-refractivity contribution in [2.24, 2.45) is 5.10 Å². The molecule has 0 aliphatic carbocycles. The first kappa shape index (κ1) is 20.6. The highest BCUT2D eigenvalue weighted by atomic mass is 35.5. The van der Waals surface area contributed by atoms with Crippen LogP contribution in [0.4, 0.5) is 0 Å². The number of rotatable bonds is 7. The number of carbonyl (C=O) groups excluding carboxylic acids is 1. The van der Waals surface area contributed by atoms with Crippen molar-refractivity contribution in [3.05, 3.63) is 100 Å². The Labute approximate surface area is 176 Å². The van der Waals surface area contributed by atoms with Crippen LogP contribution in [-0.4, -0.2) is 11.6 Å². The second-order valence-electron chi connectivity index (χ2n) is 6.80. The fourth-order valence-corrected chi connectivity index (χ4v) is 2.90. The number of carbonyl (C=O) groups is 1. The van der Waals surface area contributed by atoms with E-state index in [0.717, 1.165) is 28.2 Å². The van der Waals surface area contributed by atoms with E-state index in [9.17, 15) is 4.79 Å². The van der Waals surface area contributed by atoms with Gasteiger partial charge in [0, 0.05) is 10.6 Å². The third kappa shape index (κ3) is 6.19. The Balaban J connectivity index is 1.53. The van der Waals surface area contributed by atoms with Crippen molar-refractivity contribution in [1.82, 2.24) is 5.43 Å². The average Bonchev–Trinajstić information content (AvgIpc) is 2.73. The lowest BCUT2D eigenvalue weighted by Crippen LogP contribution is -2.21. The van der Waals surface area contributed by atoms with Crippen LogP contribution in [0.1, 0.15) is 29.2 Å². The van der Waals surface area contributed by atoms with Gasteiger partial charge < -0.3 is 4.74 Å². The van der Waals surface area contributed by atoms with Crippen LogP contribution in [0.25, 0.3) is 0 Å². The van der Waals surface area contributed by atoms with Gasteiger partial charge in [-0.3, -0.25) is 4.79 Å². The van der Waals surface area contributed by atoms with Gasteiger partial charge in [0.1, 0.15) is 12.4 Å². The van der Waals surface area contributed by atoms with Crippen LogP contribution < -0.4 is 10.2 Å². The van der Waals surface area contributed by atoms with E-state index >= 15 is 0 Å². The SMILES string of the molecule is C/C(=N\NC(=O)Cc1ccc(C)cc1)c1ccc(OCc2ccccc2Cl)cc1. The summed E-state index contributed by atoms with van der Waals surface area (Å²) >= 11 is 6.15. The molecule has 0 bridgehead atoms. The highest BCUT2D eigenvalue weighted by Gasteiger charge is 2.05. The van der Waals surface area contributed by atoms with E-state index in [-0.39, 0.29) is 5.91 Å². The molecule has 148 valence electrons. The highest BCUT2D eigenvalue weighted by Crippen LogP contribution is 2.19. The first-order valence-corrected chi connectivity index (χ1v) is 9.74. The number of hydrogen-bond acceptors (Lipinski definition) is 3. The standard InChI is InChI=1S/C24H23ClN2O2/c1-17-7-9-19(10-8-17)15-24(28)27-26-18(2)20-11-13-22(14-12-20)29-16-21-5-3-4-6-23(21)25/h3-14H,15-16H2,1-2H3,(H,27,28)/b26-18+. The summed E-state index contributed by atoms with van der Waals surface area (Å²) < 4.78 is 5.79. The Hall–Kier alpha value is -3.11. The lowest BCUT2D eigenvalue weighted by atomic mass is 10.1. The van der Waals surface area contributed by atoms with Crippen molar-refractivity contribution in [2.75, 3.05) is 0 Å². The van der Waals surface area contributed by atoms with Gasteiger partial charge in [-0.25, -0.2) is 5.43 Å². The molecule has 3 aromatic carbocycles. The zero-order valence-electron chi connectivity index (χ0n) is 16.5. The van der Waals surface area contributed by atoms with Crippen molar-refractivity contribution in [1.29, 1.82) is 0 Å². The van der Waals surface area contributed by atoms with Crippen molar-refractivity contribution in [2.45, 2.75) is 26.9 Å². The Morgan fingerprint density at radius 1 is 1.00 bits per heavy atom. The second kappa shape index (κ2) is 9.89. The minimum absolute atomic E-state index is 0.145. The van der Waals surface area contributed by atoms with Crippen molar-refractivity contribution >= 4 is 23.2 Å². The van der Waals surface area contributed by atoms with Crippen LogP contribution >= 0.6 is 11.6 Å². The summed E-state index contributed by atoms with van der Waals surface area (Å²) in [6, 6.07) is 23.1. The molecule has 4 nitrogen and oxygen atoms in total. The van der Waals surface area contributed by atoms with Crippen LogP contribution in [-0.2, 0) is 17.8 Å². The van der Waals surface area contributed by atoms with Crippen LogP contribution in [0.2, 0.25) is 5.02 Å². The molecule has 0 spiro atoms. The highest BCUT2D eigenvalue weighted by molar-refractivity contribution is 6.31. The zero-order valence-corrected chi connectivity index (χ0v) is 17.2. The maximum absolute atomic E-state index is 12.1. The molecule has 0 saturated carbocycles. The van der Waals surface area contributed by atoms with Crippen LogP contribution in [0, 0.1) is 6.92 Å². The average molecular weight is 407 g/mol. The third-order valence-corrected chi connectivity index (χ3v) is 4.83. The largest absolute Gasteiger partial charge is 0.489 e. The Morgan fingerprint density at radius 3 is 2.38 bits per heavy atom. The van der Waals surface area contributed by atoms with E-state index in [2.05, 4.69) is 10.5 Å². The summed E-state index contributed by atoms with van der Waals surface area (Å²) in [5, 5.41) is 4.89. The minimum atomic E-state index is -0.145. The van der Waals surface area contributed by atoms with E-state index < -0.39 is 0 Å². The topological polar surface area (TPSA) is 50.7 Å². The molecule has 0 radical (unpaired) electrons. The monoisotopic (exact) mass is 406 g/mol. The molecular weight excluding hydrogens is 384 g/mol. The fraction of sp³-hybridized carbons (Fsp3) is 0.167. The number of hydrogen-bond donors (Lipinski definition) is 1. The van der Waals surface area contributed by atoms with E-state index in [1.165, 1.54) is 5.56 Å². The van der Waals surface area contributed by atoms with Gasteiger partial charge in [0.15, 0.2) is 0 Å². The van der Waals surface area contributed by atoms with E-state index in [0.29, 0.717) is 18.1 Å². The minimum Gasteiger partial charge on any atom is -0.489 e. The summed E-state index contributed by atoms with van der Waals surface area (Å²) in [5.41, 5.74) is 7.31. The Kier molecular flexibility index (Phi) is 7.04. The Morgan fingerprint density at radius 2 is 1.69 bits per heavy atom. The number of halogens is 1. The van der Waals surface area contributed by atoms with Gasteiger partial charge in [0.2, 0.25) is 5.91 Å². The lowest BCUT2D eigenvalue weighted by Gasteiger charge is -2.09. The maximum Gasteiger partial charge on any atom is 0.244 e. The quantitative estimate of drug-likeness (QED) is 0.427. The first-order chi connectivity index (χ1) is 14.0. The normalized spacial score (nSPS) is 11.2. The fourth-order valence-electron chi connectivity index (χ4n) is 2.71. The van der Waals surface area contributed by atoms with E-state index in [1.807, 2.05) is 86.6 Å². The molecule has 1 N–H and O–H groups in total. The number of benzene rings is 3. The van der Waals surface area contributed by atoms with Crippen molar-refractivity contribution in [3.63, 3.8) is 0 Å². The number of ether oxygens (including phenoxy) is 1. The number of aryl methyl sites for hydroxylation is 1. The molecule has 3 aromatic rings. The van der Waals surface area contributed by atoms with Gasteiger partial charge in [-0.1, -0.05) is 59.6 Å². The van der Waals surface area contributed by atoms with Crippen LogP contribution in [0.15, 0.2) is 77.9 Å². The lowest BCUT2D eigenvalue weighted by molar-refractivity contribution is -0.120. The van der Waals surface area contributed by atoms with Gasteiger partial charge in [0.25, 0.3) is 0 Å². The van der Waals surface area contributed by atoms with Gasteiger partial charge in [-0.05, 0) is 55.3 Å². The van der Waals surface area contributed by atoms with Crippen LogP contribution in [0.5, 0.6) is 5.75 Å². The maximum atomic E-state index is 12.1. The number of amides is 1. The summed E-state index contributed by atoms with van der Waals surface area (Å²) in [6.45, 7) is 4.28. The summed E-state index contributed by atoms with van der Waals surface area (Å²) in [4.78, 5) is 12.1. The molecule has 29 heavy (non-hydrogen) atoms. The predicted octanol–water partition coefficient (Wildman–Crippen LogP) is 5.31. The molecule has 3 rings (SSSR count). The van der Waals surface area contributed by atoms with Gasteiger partial charge in [0.05, 0.1) is 12.1 Å². The molecule has 0 heterocycles. The predicted molar refractivity (Wildman–Crippen MR) is 117 cm³/mol. The summed E-state index contributed by atoms with van der Waals surface area (Å²) in [6.07, 6.45) is 0.298. The first-order valence-electron chi connectivity index (χ1n) is 9.36. The van der Waals surface area contributed by atoms with E-state index in [1.54, 1.807) is 0 Å². The molecule has 0 atom stereocenters. The molecule has 1 amide bonds.